The SMILES string of the molecule is CC[C@@H]1[C@H](O)[C@H](NC)[C@H]2O[C@]3(O)[C@H](O[C@@H]2[C@H]1O)O[C@H](C)C[C@@]3(O)CNCCc1ccc(O)cc1. The molecule has 4 rings (SSSR count). The third kappa shape index (κ3) is 4.47. The summed E-state index contributed by atoms with van der Waals surface area (Å²) >= 11 is 0. The van der Waals surface area contributed by atoms with E-state index in [0.717, 1.165) is 5.56 Å². The molecule has 1 saturated carbocycles. The van der Waals surface area contributed by atoms with Crippen LogP contribution in [0.1, 0.15) is 32.3 Å². The van der Waals surface area contributed by atoms with E-state index in [0.29, 0.717) is 19.4 Å². The molecule has 10 atom stereocenters. The third-order valence-corrected chi connectivity index (χ3v) is 7.57. The summed E-state index contributed by atoms with van der Waals surface area (Å²) in [5, 5.41) is 60.6. The first kappa shape index (κ1) is 25.7. The largest absolute Gasteiger partial charge is 0.508 e. The molecule has 2 saturated heterocycles. The van der Waals surface area contributed by atoms with Crippen LogP contribution in [0.4, 0.5) is 0 Å². The first-order valence-electron chi connectivity index (χ1n) is 12.1. The lowest BCUT2D eigenvalue weighted by atomic mass is 9.74. The molecule has 3 aliphatic rings. The highest BCUT2D eigenvalue weighted by molar-refractivity contribution is 5.26. The first-order chi connectivity index (χ1) is 16.1. The molecule has 2 aliphatic heterocycles. The number of aliphatic hydroxyl groups excluding tert-OH is 2. The van der Waals surface area contributed by atoms with E-state index in [2.05, 4.69) is 10.6 Å². The Kier molecular flexibility index (Phi) is 7.54. The van der Waals surface area contributed by atoms with Crippen LogP contribution in [0.15, 0.2) is 24.3 Å². The highest BCUT2D eigenvalue weighted by Gasteiger charge is 2.68. The van der Waals surface area contributed by atoms with E-state index in [4.69, 9.17) is 14.2 Å². The highest BCUT2D eigenvalue weighted by atomic mass is 16.8. The van der Waals surface area contributed by atoms with Crippen molar-refractivity contribution in [2.24, 2.45) is 5.92 Å². The Morgan fingerprint density at radius 3 is 2.41 bits per heavy atom. The van der Waals surface area contributed by atoms with Gasteiger partial charge in [0.15, 0.2) is 0 Å². The molecule has 0 bridgehead atoms. The van der Waals surface area contributed by atoms with Crippen molar-refractivity contribution < 1.29 is 39.7 Å². The van der Waals surface area contributed by atoms with Crippen molar-refractivity contribution in [2.75, 3.05) is 20.1 Å². The van der Waals surface area contributed by atoms with Crippen molar-refractivity contribution in [2.45, 2.75) is 87.3 Å². The summed E-state index contributed by atoms with van der Waals surface area (Å²) in [6.07, 6.45) is -4.12. The zero-order chi connectivity index (χ0) is 24.7. The van der Waals surface area contributed by atoms with Gasteiger partial charge in [-0.05, 0) is 51.1 Å². The Bertz CT molecular complexity index is 828. The zero-order valence-corrected chi connectivity index (χ0v) is 19.9. The molecule has 34 heavy (non-hydrogen) atoms. The number of hydrogen-bond donors (Lipinski definition) is 7. The highest BCUT2D eigenvalue weighted by Crippen LogP contribution is 2.47. The van der Waals surface area contributed by atoms with E-state index in [1.807, 2.05) is 19.1 Å². The van der Waals surface area contributed by atoms with Gasteiger partial charge in [-0.3, -0.25) is 0 Å². The zero-order valence-electron chi connectivity index (χ0n) is 19.9. The molecular weight excluding hydrogens is 444 g/mol. The summed E-state index contributed by atoms with van der Waals surface area (Å²) in [5.74, 6) is -2.44. The molecule has 1 aromatic rings. The number of aliphatic hydroxyl groups is 4. The van der Waals surface area contributed by atoms with Gasteiger partial charge >= 0.3 is 0 Å². The number of phenolic OH excluding ortho intramolecular Hbond substituents is 1. The number of rotatable bonds is 7. The third-order valence-electron chi connectivity index (χ3n) is 7.57. The van der Waals surface area contributed by atoms with Crippen LogP contribution in [0.3, 0.4) is 0 Å². The lowest BCUT2D eigenvalue weighted by Gasteiger charge is -2.60. The van der Waals surface area contributed by atoms with Gasteiger partial charge in [0.25, 0.3) is 0 Å². The molecule has 10 heteroatoms. The lowest BCUT2D eigenvalue weighted by Crippen LogP contribution is -2.80. The van der Waals surface area contributed by atoms with E-state index in [1.54, 1.807) is 26.1 Å². The van der Waals surface area contributed by atoms with Gasteiger partial charge in [-0.15, -0.1) is 0 Å². The van der Waals surface area contributed by atoms with Crippen molar-refractivity contribution >= 4 is 0 Å². The first-order valence-corrected chi connectivity index (χ1v) is 12.1. The maximum Gasteiger partial charge on any atom is 0.249 e. The van der Waals surface area contributed by atoms with Gasteiger partial charge in [0, 0.05) is 18.9 Å². The Labute approximate surface area is 199 Å². The molecule has 10 nitrogen and oxygen atoms in total. The minimum absolute atomic E-state index is 0.0133. The van der Waals surface area contributed by atoms with Gasteiger partial charge in [-0.25, -0.2) is 0 Å². The number of hydrogen-bond acceptors (Lipinski definition) is 10. The summed E-state index contributed by atoms with van der Waals surface area (Å²) in [7, 11) is 1.67. The Morgan fingerprint density at radius 2 is 1.76 bits per heavy atom. The minimum atomic E-state index is -2.21. The number of nitrogens with one attached hydrogen (secondary N) is 2. The molecule has 192 valence electrons. The second-order valence-corrected chi connectivity index (χ2v) is 9.85. The molecule has 0 spiro atoms. The number of benzene rings is 1. The molecule has 0 aromatic heterocycles. The van der Waals surface area contributed by atoms with Crippen molar-refractivity contribution in [3.8, 4) is 5.75 Å². The normalized spacial score (nSPS) is 44.3. The monoisotopic (exact) mass is 482 g/mol. The Balaban J connectivity index is 1.50. The standard InChI is InChI=1S/C24H38N2O8/c1-4-16-18(28)17(25-3)20-21(19(16)29)33-22-24(31,34-20)23(30,11-13(2)32-22)12-26-10-9-14-5-7-15(27)8-6-14/h5-8,13,16-22,25-31H,4,9-12H2,1-3H3/t13-,16-,17+,18+,19+,20-,21-,22+,23-,24-/m1/s1. The van der Waals surface area contributed by atoms with E-state index >= 15 is 0 Å². The average molecular weight is 483 g/mol. The molecule has 1 aliphatic carbocycles. The van der Waals surface area contributed by atoms with Crippen molar-refractivity contribution in [1.29, 1.82) is 0 Å². The molecule has 0 unspecified atom stereocenters. The molecule has 1 aromatic carbocycles. The number of aromatic hydroxyl groups is 1. The number of likely N-dealkylation sites (N-methyl/N-ethyl adjacent to an activating group) is 1. The summed E-state index contributed by atoms with van der Waals surface area (Å²) in [6, 6.07) is 6.27. The van der Waals surface area contributed by atoms with Crippen LogP contribution in [-0.4, -0.2) is 99.9 Å². The molecule has 3 fully saturated rings. The van der Waals surface area contributed by atoms with Crippen molar-refractivity contribution in [3.05, 3.63) is 29.8 Å². The Morgan fingerprint density at radius 1 is 1.06 bits per heavy atom. The second-order valence-electron chi connectivity index (χ2n) is 9.85. The summed E-state index contributed by atoms with van der Waals surface area (Å²) in [5.41, 5.74) is -0.729. The van der Waals surface area contributed by atoms with Crippen LogP contribution in [0, 0.1) is 5.92 Å². The van der Waals surface area contributed by atoms with Crippen molar-refractivity contribution in [3.63, 3.8) is 0 Å². The fraction of sp³-hybridized carbons (Fsp3) is 0.750. The lowest BCUT2D eigenvalue weighted by molar-refractivity contribution is -0.483. The quantitative estimate of drug-likeness (QED) is 0.246. The van der Waals surface area contributed by atoms with E-state index in [-0.39, 0.29) is 18.7 Å². The van der Waals surface area contributed by atoms with Gasteiger partial charge in [0.1, 0.15) is 23.6 Å². The van der Waals surface area contributed by atoms with Crippen LogP contribution in [0.2, 0.25) is 0 Å². The topological polar surface area (TPSA) is 153 Å². The predicted molar refractivity (Wildman–Crippen MR) is 122 cm³/mol. The van der Waals surface area contributed by atoms with Gasteiger partial charge < -0.3 is 50.4 Å². The fourth-order valence-corrected chi connectivity index (χ4v) is 5.64. The summed E-state index contributed by atoms with van der Waals surface area (Å²) in [4.78, 5) is 0. The summed E-state index contributed by atoms with van der Waals surface area (Å²) < 4.78 is 18.0. The van der Waals surface area contributed by atoms with Crippen LogP contribution in [0.25, 0.3) is 0 Å². The Hall–Kier alpha value is -1.34. The number of phenols is 1. The predicted octanol–water partition coefficient (Wildman–Crippen LogP) is -0.787. The van der Waals surface area contributed by atoms with E-state index in [9.17, 15) is 25.5 Å². The molecule has 7 N–H and O–H groups in total. The minimum Gasteiger partial charge on any atom is -0.508 e. The van der Waals surface area contributed by atoms with Gasteiger partial charge in [0.05, 0.1) is 24.4 Å². The van der Waals surface area contributed by atoms with Gasteiger partial charge in [-0.2, -0.15) is 0 Å². The van der Waals surface area contributed by atoms with Crippen LogP contribution >= 0.6 is 0 Å². The summed E-state index contributed by atoms with van der Waals surface area (Å²) in [6.45, 7) is 4.19. The number of fused-ring (bicyclic) bond motifs is 2. The van der Waals surface area contributed by atoms with Gasteiger partial charge in [-0.1, -0.05) is 19.1 Å². The fourth-order valence-electron chi connectivity index (χ4n) is 5.64. The smallest absolute Gasteiger partial charge is 0.249 e. The van der Waals surface area contributed by atoms with E-state index < -0.39 is 60.2 Å². The number of ether oxygens (including phenoxy) is 3. The van der Waals surface area contributed by atoms with Crippen LogP contribution in [0.5, 0.6) is 5.75 Å². The molecular formula is C24H38N2O8. The molecule has 2 heterocycles. The maximum atomic E-state index is 11.6. The second kappa shape index (κ2) is 9.96. The van der Waals surface area contributed by atoms with E-state index in [1.165, 1.54) is 0 Å². The van der Waals surface area contributed by atoms with Crippen molar-refractivity contribution in [1.82, 2.24) is 10.6 Å². The average Bonchev–Trinajstić information content (AvgIpc) is 2.79. The van der Waals surface area contributed by atoms with Crippen LogP contribution < -0.4 is 10.6 Å². The van der Waals surface area contributed by atoms with Crippen LogP contribution in [-0.2, 0) is 20.6 Å². The maximum absolute atomic E-state index is 11.6. The molecule has 0 radical (unpaired) electrons. The molecule has 0 amide bonds. The van der Waals surface area contributed by atoms with Gasteiger partial charge in [0.2, 0.25) is 12.1 Å².